The van der Waals surface area contributed by atoms with Gasteiger partial charge >= 0.3 is 0 Å². The van der Waals surface area contributed by atoms with Crippen LogP contribution in [0.4, 0.5) is 4.39 Å². The van der Waals surface area contributed by atoms with Gasteiger partial charge in [-0.15, -0.1) is 11.6 Å². The Morgan fingerprint density at radius 2 is 2.00 bits per heavy atom. The number of benzene rings is 1. The molecule has 3 heteroatoms. The molecule has 0 bridgehead atoms. The summed E-state index contributed by atoms with van der Waals surface area (Å²) in [5, 5.41) is 0. The van der Waals surface area contributed by atoms with Crippen molar-refractivity contribution in [1.82, 2.24) is 0 Å². The van der Waals surface area contributed by atoms with E-state index in [1.54, 1.807) is 6.07 Å². The third-order valence-corrected chi connectivity index (χ3v) is 3.86. The molecule has 1 fully saturated rings. The minimum Gasteiger partial charge on any atom is -0.381 e. The van der Waals surface area contributed by atoms with E-state index in [1.807, 2.05) is 12.1 Å². The van der Waals surface area contributed by atoms with E-state index in [1.165, 1.54) is 6.07 Å². The highest BCUT2D eigenvalue weighted by atomic mass is 35.5. The molecule has 1 aromatic rings. The van der Waals surface area contributed by atoms with Crippen molar-refractivity contribution in [3.05, 3.63) is 35.6 Å². The van der Waals surface area contributed by atoms with Gasteiger partial charge in [-0.1, -0.05) is 18.2 Å². The zero-order valence-corrected chi connectivity index (χ0v) is 10.6. The SMILES string of the molecule is Fc1ccccc1C(CCl)CC1CCOCC1. The summed E-state index contributed by atoms with van der Waals surface area (Å²) in [4.78, 5) is 0. The normalized spacial score (nSPS) is 19.2. The predicted octanol–water partition coefficient (Wildman–Crippen LogP) is 3.96. The summed E-state index contributed by atoms with van der Waals surface area (Å²) in [5.41, 5.74) is 0.758. The Labute approximate surface area is 107 Å². The molecule has 0 aliphatic carbocycles. The molecule has 0 amide bonds. The van der Waals surface area contributed by atoms with Crippen molar-refractivity contribution in [3.8, 4) is 0 Å². The maximum absolute atomic E-state index is 13.7. The molecule has 1 heterocycles. The van der Waals surface area contributed by atoms with Gasteiger partial charge in [-0.25, -0.2) is 4.39 Å². The van der Waals surface area contributed by atoms with E-state index in [0.29, 0.717) is 11.8 Å². The minimum atomic E-state index is -0.134. The highest BCUT2D eigenvalue weighted by Gasteiger charge is 2.21. The summed E-state index contributed by atoms with van der Waals surface area (Å²) in [6.45, 7) is 1.66. The lowest BCUT2D eigenvalue weighted by molar-refractivity contribution is 0.0622. The molecule has 0 aromatic heterocycles. The molecule has 0 saturated carbocycles. The first-order chi connectivity index (χ1) is 8.31. The summed E-state index contributed by atoms with van der Waals surface area (Å²) >= 11 is 6.00. The average molecular weight is 257 g/mol. The van der Waals surface area contributed by atoms with Gasteiger partial charge in [0.25, 0.3) is 0 Å². The largest absolute Gasteiger partial charge is 0.381 e. The van der Waals surface area contributed by atoms with Gasteiger partial charge < -0.3 is 4.74 Å². The Bertz CT molecular complexity index is 350. The zero-order valence-electron chi connectivity index (χ0n) is 9.87. The maximum Gasteiger partial charge on any atom is 0.126 e. The second-order valence-electron chi connectivity index (χ2n) is 4.66. The van der Waals surface area contributed by atoms with Gasteiger partial charge in [-0.3, -0.25) is 0 Å². The van der Waals surface area contributed by atoms with Crippen LogP contribution >= 0.6 is 11.6 Å². The van der Waals surface area contributed by atoms with Crippen LogP contribution in [-0.4, -0.2) is 19.1 Å². The molecule has 2 rings (SSSR count). The topological polar surface area (TPSA) is 9.23 Å². The first kappa shape index (κ1) is 12.8. The standard InChI is InChI=1S/C14H18ClFO/c15-10-12(9-11-5-7-17-8-6-11)13-3-1-2-4-14(13)16/h1-4,11-12H,5-10H2. The summed E-state index contributed by atoms with van der Waals surface area (Å²) in [6, 6.07) is 6.96. The molecular formula is C14H18ClFO. The van der Waals surface area contributed by atoms with E-state index in [-0.39, 0.29) is 11.7 Å². The van der Waals surface area contributed by atoms with Gasteiger partial charge in [0.05, 0.1) is 0 Å². The van der Waals surface area contributed by atoms with Gasteiger partial charge in [0, 0.05) is 25.0 Å². The van der Waals surface area contributed by atoms with E-state index in [0.717, 1.165) is 38.0 Å². The number of ether oxygens (including phenoxy) is 1. The molecule has 0 N–H and O–H groups in total. The lowest BCUT2D eigenvalue weighted by Gasteiger charge is -2.26. The summed E-state index contributed by atoms with van der Waals surface area (Å²) in [5.74, 6) is 1.09. The fourth-order valence-electron chi connectivity index (χ4n) is 2.46. The lowest BCUT2D eigenvalue weighted by Crippen LogP contribution is -2.19. The second kappa shape index (κ2) is 6.36. The molecule has 1 aliphatic rings. The lowest BCUT2D eigenvalue weighted by atomic mass is 9.86. The molecule has 17 heavy (non-hydrogen) atoms. The fraction of sp³-hybridized carbons (Fsp3) is 0.571. The third-order valence-electron chi connectivity index (χ3n) is 3.49. The van der Waals surface area contributed by atoms with Gasteiger partial charge in [-0.2, -0.15) is 0 Å². The number of rotatable bonds is 4. The first-order valence-corrected chi connectivity index (χ1v) is 6.73. The van der Waals surface area contributed by atoms with Crippen LogP contribution in [0.1, 0.15) is 30.7 Å². The summed E-state index contributed by atoms with van der Waals surface area (Å²) in [7, 11) is 0. The van der Waals surface area contributed by atoms with Crippen LogP contribution in [0, 0.1) is 11.7 Å². The van der Waals surface area contributed by atoms with E-state index in [2.05, 4.69) is 0 Å². The molecule has 94 valence electrons. The molecule has 1 aliphatic heterocycles. The van der Waals surface area contributed by atoms with Crippen molar-refractivity contribution in [2.24, 2.45) is 5.92 Å². The van der Waals surface area contributed by atoms with Crippen LogP contribution in [-0.2, 0) is 4.74 Å². The van der Waals surface area contributed by atoms with Crippen LogP contribution in [0.25, 0.3) is 0 Å². The quantitative estimate of drug-likeness (QED) is 0.741. The smallest absolute Gasteiger partial charge is 0.126 e. The van der Waals surface area contributed by atoms with Crippen molar-refractivity contribution >= 4 is 11.6 Å². The van der Waals surface area contributed by atoms with Crippen molar-refractivity contribution in [1.29, 1.82) is 0 Å². The summed E-state index contributed by atoms with van der Waals surface area (Å²) < 4.78 is 19.0. The fourth-order valence-corrected chi connectivity index (χ4v) is 2.76. The van der Waals surface area contributed by atoms with Crippen molar-refractivity contribution < 1.29 is 9.13 Å². The zero-order chi connectivity index (χ0) is 12.1. The highest BCUT2D eigenvalue weighted by Crippen LogP contribution is 2.31. The van der Waals surface area contributed by atoms with Crippen molar-refractivity contribution in [2.45, 2.75) is 25.2 Å². The number of alkyl halides is 1. The van der Waals surface area contributed by atoms with Crippen LogP contribution in [0.15, 0.2) is 24.3 Å². The van der Waals surface area contributed by atoms with E-state index in [4.69, 9.17) is 16.3 Å². The number of hydrogen-bond acceptors (Lipinski definition) is 1. The Balaban J connectivity index is 2.03. The molecule has 0 radical (unpaired) electrons. The van der Waals surface area contributed by atoms with Gasteiger partial charge in [0.1, 0.15) is 5.82 Å². The second-order valence-corrected chi connectivity index (χ2v) is 4.97. The third kappa shape index (κ3) is 3.43. The van der Waals surface area contributed by atoms with Crippen LogP contribution < -0.4 is 0 Å². The average Bonchev–Trinajstić information content (AvgIpc) is 2.38. The van der Waals surface area contributed by atoms with E-state index < -0.39 is 0 Å². The maximum atomic E-state index is 13.7. The first-order valence-electron chi connectivity index (χ1n) is 6.19. The Hall–Kier alpha value is -0.600. The molecule has 1 atom stereocenters. The minimum absolute atomic E-state index is 0.126. The number of halogens is 2. The van der Waals surface area contributed by atoms with Gasteiger partial charge in [0.2, 0.25) is 0 Å². The predicted molar refractivity (Wildman–Crippen MR) is 68.0 cm³/mol. The monoisotopic (exact) mass is 256 g/mol. The number of hydrogen-bond donors (Lipinski definition) is 0. The summed E-state index contributed by atoms with van der Waals surface area (Å²) in [6.07, 6.45) is 3.11. The van der Waals surface area contributed by atoms with Crippen molar-refractivity contribution in [3.63, 3.8) is 0 Å². The Morgan fingerprint density at radius 3 is 2.65 bits per heavy atom. The Morgan fingerprint density at radius 1 is 1.29 bits per heavy atom. The van der Waals surface area contributed by atoms with E-state index in [9.17, 15) is 4.39 Å². The van der Waals surface area contributed by atoms with E-state index >= 15 is 0 Å². The van der Waals surface area contributed by atoms with Crippen LogP contribution in [0.2, 0.25) is 0 Å². The molecular weight excluding hydrogens is 239 g/mol. The van der Waals surface area contributed by atoms with Crippen molar-refractivity contribution in [2.75, 3.05) is 19.1 Å². The molecule has 1 unspecified atom stereocenters. The molecule has 1 aromatic carbocycles. The van der Waals surface area contributed by atoms with Gasteiger partial charge in [-0.05, 0) is 36.8 Å². The van der Waals surface area contributed by atoms with Crippen LogP contribution in [0.3, 0.4) is 0 Å². The molecule has 0 spiro atoms. The van der Waals surface area contributed by atoms with Crippen LogP contribution in [0.5, 0.6) is 0 Å². The van der Waals surface area contributed by atoms with Gasteiger partial charge in [0.15, 0.2) is 0 Å². The molecule has 1 saturated heterocycles. The highest BCUT2D eigenvalue weighted by molar-refractivity contribution is 6.18. The molecule has 1 nitrogen and oxygen atoms in total. The Kier molecular flexibility index (Phi) is 4.81.